The van der Waals surface area contributed by atoms with E-state index in [2.05, 4.69) is 20.9 Å². The highest BCUT2D eigenvalue weighted by Gasteiger charge is 2.23. The zero-order valence-electron chi connectivity index (χ0n) is 8.53. The zero-order chi connectivity index (χ0) is 10.7. The van der Waals surface area contributed by atoms with E-state index in [0.29, 0.717) is 5.92 Å². The van der Waals surface area contributed by atoms with E-state index in [1.807, 2.05) is 18.2 Å². The number of nitrogens with two attached hydrogens (primary N) is 1. The average molecular weight is 271 g/mol. The van der Waals surface area contributed by atoms with Crippen LogP contribution in [0.2, 0.25) is 0 Å². The maximum absolute atomic E-state index is 6.20. The molecule has 1 atom stereocenters. The van der Waals surface area contributed by atoms with Gasteiger partial charge in [-0.1, -0.05) is 6.07 Å². The van der Waals surface area contributed by atoms with Crippen LogP contribution >= 0.6 is 15.9 Å². The van der Waals surface area contributed by atoms with Gasteiger partial charge in [0.15, 0.2) is 0 Å². The van der Waals surface area contributed by atoms with Crippen molar-refractivity contribution >= 4 is 15.9 Å². The highest BCUT2D eigenvalue weighted by molar-refractivity contribution is 9.10. The van der Waals surface area contributed by atoms with Gasteiger partial charge in [0, 0.05) is 13.2 Å². The van der Waals surface area contributed by atoms with Gasteiger partial charge in [-0.15, -0.1) is 0 Å². The minimum Gasteiger partial charge on any atom is -0.381 e. The molecule has 0 spiro atoms. The van der Waals surface area contributed by atoms with E-state index in [-0.39, 0.29) is 6.04 Å². The summed E-state index contributed by atoms with van der Waals surface area (Å²) in [7, 11) is 0. The number of rotatable bonds is 2. The molecule has 1 saturated heterocycles. The van der Waals surface area contributed by atoms with Gasteiger partial charge in [0.05, 0.1) is 11.7 Å². The fraction of sp³-hybridized carbons (Fsp3) is 0.545. The maximum Gasteiger partial charge on any atom is 0.106 e. The quantitative estimate of drug-likeness (QED) is 0.839. The summed E-state index contributed by atoms with van der Waals surface area (Å²) in [5.74, 6) is 0.501. The minimum absolute atomic E-state index is 0.0337. The molecule has 1 aromatic rings. The molecule has 0 aromatic carbocycles. The second-order valence-electron chi connectivity index (χ2n) is 3.86. The van der Waals surface area contributed by atoms with E-state index in [9.17, 15) is 0 Å². The topological polar surface area (TPSA) is 48.1 Å². The molecule has 1 fully saturated rings. The first-order chi connectivity index (χ1) is 7.27. The fourth-order valence-electron chi connectivity index (χ4n) is 1.93. The average Bonchev–Trinajstić information content (AvgIpc) is 2.29. The third-order valence-electron chi connectivity index (χ3n) is 2.85. The van der Waals surface area contributed by atoms with Crippen molar-refractivity contribution in [2.75, 3.05) is 13.2 Å². The van der Waals surface area contributed by atoms with E-state index in [1.54, 1.807) is 0 Å². The molecule has 0 radical (unpaired) electrons. The van der Waals surface area contributed by atoms with Crippen LogP contribution in [0, 0.1) is 5.92 Å². The molecule has 1 aliphatic rings. The number of aromatic nitrogens is 1. The van der Waals surface area contributed by atoms with Gasteiger partial charge in [-0.2, -0.15) is 0 Å². The molecule has 3 nitrogen and oxygen atoms in total. The summed E-state index contributed by atoms with van der Waals surface area (Å²) in [5, 5.41) is 0. The Labute approximate surface area is 98.2 Å². The Balaban J connectivity index is 2.08. The molecule has 4 heteroatoms. The summed E-state index contributed by atoms with van der Waals surface area (Å²) in [6, 6.07) is 5.92. The third kappa shape index (κ3) is 2.77. The van der Waals surface area contributed by atoms with E-state index in [0.717, 1.165) is 36.4 Å². The smallest absolute Gasteiger partial charge is 0.106 e. The molecule has 1 aliphatic heterocycles. The Hall–Kier alpha value is -0.450. The van der Waals surface area contributed by atoms with Gasteiger partial charge in [-0.3, -0.25) is 0 Å². The van der Waals surface area contributed by atoms with Crippen molar-refractivity contribution in [1.82, 2.24) is 4.98 Å². The molecular weight excluding hydrogens is 256 g/mol. The monoisotopic (exact) mass is 270 g/mol. The van der Waals surface area contributed by atoms with E-state index in [4.69, 9.17) is 10.5 Å². The normalized spacial score (nSPS) is 20.1. The number of hydrogen-bond donors (Lipinski definition) is 1. The molecule has 15 heavy (non-hydrogen) atoms. The number of pyridine rings is 1. The standard InChI is InChI=1S/C11H15BrN2O/c12-10-3-1-2-9(14-10)11(13)8-4-6-15-7-5-8/h1-3,8,11H,4-7,13H2/t11-/m0/s1. The fourth-order valence-corrected chi connectivity index (χ4v) is 2.28. The van der Waals surface area contributed by atoms with Crippen LogP contribution in [0.15, 0.2) is 22.8 Å². The predicted molar refractivity (Wildman–Crippen MR) is 62.4 cm³/mol. The lowest BCUT2D eigenvalue weighted by atomic mass is 9.90. The second-order valence-corrected chi connectivity index (χ2v) is 4.67. The molecule has 0 amide bonds. The number of halogens is 1. The molecule has 0 aliphatic carbocycles. The van der Waals surface area contributed by atoms with Gasteiger partial charge in [0.1, 0.15) is 4.60 Å². The Morgan fingerprint density at radius 3 is 2.80 bits per heavy atom. The molecule has 0 unspecified atom stereocenters. The highest BCUT2D eigenvalue weighted by Crippen LogP contribution is 2.27. The van der Waals surface area contributed by atoms with E-state index < -0.39 is 0 Å². The number of ether oxygens (including phenoxy) is 1. The van der Waals surface area contributed by atoms with Crippen LogP contribution in [-0.2, 0) is 4.74 Å². The molecule has 82 valence electrons. The first-order valence-corrected chi connectivity index (χ1v) is 6.02. The predicted octanol–water partition coefficient (Wildman–Crippen LogP) is 2.27. The number of nitrogens with zero attached hydrogens (tertiary/aromatic N) is 1. The van der Waals surface area contributed by atoms with Gasteiger partial charge in [-0.05, 0) is 46.8 Å². The lowest BCUT2D eigenvalue weighted by molar-refractivity contribution is 0.0579. The first-order valence-electron chi connectivity index (χ1n) is 5.23. The van der Waals surface area contributed by atoms with Crippen molar-refractivity contribution in [1.29, 1.82) is 0 Å². The molecule has 0 saturated carbocycles. The van der Waals surface area contributed by atoms with Gasteiger partial charge in [0.2, 0.25) is 0 Å². The Morgan fingerprint density at radius 2 is 2.13 bits per heavy atom. The molecule has 2 N–H and O–H groups in total. The molecule has 0 bridgehead atoms. The number of hydrogen-bond acceptors (Lipinski definition) is 3. The van der Waals surface area contributed by atoms with Gasteiger partial charge in [-0.25, -0.2) is 4.98 Å². The minimum atomic E-state index is 0.0337. The second kappa shape index (κ2) is 5.05. The van der Waals surface area contributed by atoms with Crippen LogP contribution < -0.4 is 5.73 Å². The SMILES string of the molecule is N[C@H](c1cccc(Br)n1)C1CCOCC1. The largest absolute Gasteiger partial charge is 0.381 e. The highest BCUT2D eigenvalue weighted by atomic mass is 79.9. The summed E-state index contributed by atoms with van der Waals surface area (Å²) in [4.78, 5) is 4.40. The van der Waals surface area contributed by atoms with Crippen molar-refractivity contribution in [3.8, 4) is 0 Å². The Bertz CT molecular complexity index is 326. The molecule has 2 rings (SSSR count). The summed E-state index contributed by atoms with van der Waals surface area (Å²) < 4.78 is 6.17. The Kier molecular flexibility index (Phi) is 3.72. The van der Waals surface area contributed by atoms with E-state index in [1.165, 1.54) is 0 Å². The van der Waals surface area contributed by atoms with Crippen molar-refractivity contribution in [3.05, 3.63) is 28.5 Å². The van der Waals surface area contributed by atoms with Crippen molar-refractivity contribution in [2.24, 2.45) is 11.7 Å². The van der Waals surface area contributed by atoms with Crippen molar-refractivity contribution in [3.63, 3.8) is 0 Å². The van der Waals surface area contributed by atoms with Crippen LogP contribution in [-0.4, -0.2) is 18.2 Å². The lowest BCUT2D eigenvalue weighted by Gasteiger charge is -2.27. The Morgan fingerprint density at radius 1 is 1.40 bits per heavy atom. The third-order valence-corrected chi connectivity index (χ3v) is 3.29. The summed E-state index contributed by atoms with van der Waals surface area (Å²) in [6.45, 7) is 1.65. The summed E-state index contributed by atoms with van der Waals surface area (Å²) in [6.07, 6.45) is 2.07. The molecule has 2 heterocycles. The van der Waals surface area contributed by atoms with Gasteiger partial charge >= 0.3 is 0 Å². The lowest BCUT2D eigenvalue weighted by Crippen LogP contribution is -2.28. The van der Waals surface area contributed by atoms with Gasteiger partial charge < -0.3 is 10.5 Å². The maximum atomic E-state index is 6.20. The van der Waals surface area contributed by atoms with E-state index >= 15 is 0 Å². The van der Waals surface area contributed by atoms with Crippen molar-refractivity contribution < 1.29 is 4.74 Å². The molecular formula is C11H15BrN2O. The van der Waals surface area contributed by atoms with Crippen LogP contribution in [0.1, 0.15) is 24.6 Å². The summed E-state index contributed by atoms with van der Waals surface area (Å²) in [5.41, 5.74) is 7.17. The molecule has 1 aromatic heterocycles. The van der Waals surface area contributed by atoms with Crippen LogP contribution in [0.3, 0.4) is 0 Å². The van der Waals surface area contributed by atoms with Crippen LogP contribution in [0.4, 0.5) is 0 Å². The van der Waals surface area contributed by atoms with Crippen LogP contribution in [0.5, 0.6) is 0 Å². The zero-order valence-corrected chi connectivity index (χ0v) is 10.1. The first kappa shape index (κ1) is 11.0. The van der Waals surface area contributed by atoms with Gasteiger partial charge in [0.25, 0.3) is 0 Å². The summed E-state index contributed by atoms with van der Waals surface area (Å²) >= 11 is 3.36. The van der Waals surface area contributed by atoms with Crippen LogP contribution in [0.25, 0.3) is 0 Å². The van der Waals surface area contributed by atoms with Crippen molar-refractivity contribution in [2.45, 2.75) is 18.9 Å².